The van der Waals surface area contributed by atoms with E-state index in [1.54, 1.807) is 11.3 Å². The Labute approximate surface area is 114 Å². The summed E-state index contributed by atoms with van der Waals surface area (Å²) in [6.07, 6.45) is 1.23. The van der Waals surface area contributed by atoms with Crippen LogP contribution in [0.4, 0.5) is 0 Å². The molecule has 0 fully saturated rings. The van der Waals surface area contributed by atoms with E-state index in [9.17, 15) is 0 Å². The smallest absolute Gasteiger partial charge is 0.103 e. The third-order valence-electron chi connectivity index (χ3n) is 2.52. The molecule has 1 unspecified atom stereocenters. The van der Waals surface area contributed by atoms with Gasteiger partial charge >= 0.3 is 0 Å². The zero-order valence-corrected chi connectivity index (χ0v) is 13.0. The lowest BCUT2D eigenvalue weighted by Gasteiger charge is -2.06. The average molecular weight is 272 g/mol. The van der Waals surface area contributed by atoms with Gasteiger partial charge in [0.05, 0.1) is 5.69 Å². The van der Waals surface area contributed by atoms with Crippen molar-refractivity contribution in [3.05, 3.63) is 16.1 Å². The van der Waals surface area contributed by atoms with Crippen LogP contribution >= 0.6 is 23.1 Å². The summed E-state index contributed by atoms with van der Waals surface area (Å²) in [4.78, 5) is 4.65. The Hall–Kier alpha value is -0.0600. The number of thioether (sulfide) groups is 1. The Morgan fingerprint density at radius 2 is 2.18 bits per heavy atom. The quantitative estimate of drug-likeness (QED) is 0.776. The molecule has 4 heteroatoms. The number of nitrogens with one attached hydrogen (secondary N) is 1. The van der Waals surface area contributed by atoms with Gasteiger partial charge in [-0.3, -0.25) is 0 Å². The van der Waals surface area contributed by atoms with E-state index in [0.717, 1.165) is 24.1 Å². The molecule has 2 nitrogen and oxygen atoms in total. The first-order valence-corrected chi connectivity index (χ1v) is 8.30. The van der Waals surface area contributed by atoms with Gasteiger partial charge in [-0.2, -0.15) is 11.8 Å². The Morgan fingerprint density at radius 3 is 2.82 bits per heavy atom. The van der Waals surface area contributed by atoms with Crippen molar-refractivity contribution >= 4 is 23.1 Å². The summed E-state index contributed by atoms with van der Waals surface area (Å²) in [6.45, 7) is 10.9. The summed E-state index contributed by atoms with van der Waals surface area (Å²) in [5, 5.41) is 7.61. The van der Waals surface area contributed by atoms with Crippen LogP contribution in [-0.2, 0) is 12.3 Å². The van der Waals surface area contributed by atoms with Gasteiger partial charge in [-0.25, -0.2) is 4.98 Å². The third kappa shape index (κ3) is 6.43. The second-order valence-electron chi connectivity index (χ2n) is 4.79. The van der Waals surface area contributed by atoms with Gasteiger partial charge in [0.25, 0.3) is 0 Å². The van der Waals surface area contributed by atoms with E-state index in [1.165, 1.54) is 17.1 Å². The van der Waals surface area contributed by atoms with Crippen molar-refractivity contribution in [3.8, 4) is 0 Å². The molecule has 0 amide bonds. The van der Waals surface area contributed by atoms with Gasteiger partial charge in [-0.05, 0) is 18.9 Å². The molecule has 1 atom stereocenters. The van der Waals surface area contributed by atoms with Gasteiger partial charge in [-0.1, -0.05) is 27.7 Å². The highest BCUT2D eigenvalue weighted by Gasteiger charge is 2.05. The maximum atomic E-state index is 4.65. The SMILES string of the molecule is CCC(C)SCc1nc(CNCC(C)C)cs1. The maximum absolute atomic E-state index is 4.65. The molecule has 0 aliphatic carbocycles. The zero-order chi connectivity index (χ0) is 12.7. The lowest BCUT2D eigenvalue weighted by atomic mass is 10.2. The number of hydrogen-bond donors (Lipinski definition) is 1. The monoisotopic (exact) mass is 272 g/mol. The summed E-state index contributed by atoms with van der Waals surface area (Å²) in [7, 11) is 0. The fraction of sp³-hybridized carbons (Fsp3) is 0.769. The summed E-state index contributed by atoms with van der Waals surface area (Å²) in [6, 6.07) is 0. The van der Waals surface area contributed by atoms with Crippen molar-refractivity contribution in [1.82, 2.24) is 10.3 Å². The fourth-order valence-corrected chi connectivity index (χ4v) is 3.10. The minimum absolute atomic E-state index is 0.703. The Bertz CT molecular complexity index is 310. The van der Waals surface area contributed by atoms with Crippen LogP contribution in [0.15, 0.2) is 5.38 Å². The molecule has 0 radical (unpaired) electrons. The first kappa shape index (κ1) is 15.0. The van der Waals surface area contributed by atoms with E-state index in [-0.39, 0.29) is 0 Å². The highest BCUT2D eigenvalue weighted by Crippen LogP contribution is 2.22. The van der Waals surface area contributed by atoms with Crippen molar-refractivity contribution in [2.24, 2.45) is 5.92 Å². The molecule has 0 saturated heterocycles. The van der Waals surface area contributed by atoms with Crippen LogP contribution in [0, 0.1) is 5.92 Å². The van der Waals surface area contributed by atoms with Crippen molar-refractivity contribution in [2.75, 3.05) is 6.54 Å². The molecule has 1 aromatic rings. The first-order chi connectivity index (χ1) is 8.11. The van der Waals surface area contributed by atoms with E-state index in [0.29, 0.717) is 5.92 Å². The molecule has 1 aromatic heterocycles. The summed E-state index contributed by atoms with van der Waals surface area (Å²) >= 11 is 3.79. The molecule has 0 saturated carbocycles. The standard InChI is InChI=1S/C13H24N2S2/c1-5-11(4)16-9-13-15-12(8-17-13)7-14-6-10(2)3/h8,10-11,14H,5-7,9H2,1-4H3. The topological polar surface area (TPSA) is 24.9 Å². The molecular formula is C13H24N2S2. The number of thiazole rings is 1. The van der Waals surface area contributed by atoms with Gasteiger partial charge in [-0.15, -0.1) is 11.3 Å². The molecule has 1 heterocycles. The van der Waals surface area contributed by atoms with Crippen molar-refractivity contribution in [2.45, 2.75) is 51.7 Å². The van der Waals surface area contributed by atoms with Gasteiger partial charge in [0, 0.05) is 22.9 Å². The zero-order valence-electron chi connectivity index (χ0n) is 11.3. The lowest BCUT2D eigenvalue weighted by Crippen LogP contribution is -2.19. The largest absolute Gasteiger partial charge is 0.311 e. The van der Waals surface area contributed by atoms with E-state index in [1.807, 2.05) is 11.8 Å². The molecule has 0 aromatic carbocycles. The first-order valence-electron chi connectivity index (χ1n) is 6.37. The Morgan fingerprint density at radius 1 is 1.41 bits per heavy atom. The predicted molar refractivity (Wildman–Crippen MR) is 79.7 cm³/mol. The van der Waals surface area contributed by atoms with Gasteiger partial charge in [0.2, 0.25) is 0 Å². The van der Waals surface area contributed by atoms with E-state index < -0.39 is 0 Å². The average Bonchev–Trinajstić information content (AvgIpc) is 2.73. The highest BCUT2D eigenvalue weighted by atomic mass is 32.2. The number of aromatic nitrogens is 1. The normalized spacial score (nSPS) is 13.2. The molecular weight excluding hydrogens is 248 g/mol. The molecule has 1 rings (SSSR count). The number of nitrogens with zero attached hydrogens (tertiary/aromatic N) is 1. The van der Waals surface area contributed by atoms with Gasteiger partial charge in [0.15, 0.2) is 0 Å². The van der Waals surface area contributed by atoms with Crippen molar-refractivity contribution in [3.63, 3.8) is 0 Å². The van der Waals surface area contributed by atoms with E-state index in [4.69, 9.17) is 0 Å². The minimum Gasteiger partial charge on any atom is -0.311 e. The molecule has 98 valence electrons. The highest BCUT2D eigenvalue weighted by molar-refractivity contribution is 7.99. The van der Waals surface area contributed by atoms with Crippen molar-refractivity contribution in [1.29, 1.82) is 0 Å². The molecule has 0 bridgehead atoms. The van der Waals surface area contributed by atoms with E-state index >= 15 is 0 Å². The summed E-state index contributed by atoms with van der Waals surface area (Å²) in [5.41, 5.74) is 1.19. The van der Waals surface area contributed by atoms with Crippen LogP contribution in [0.25, 0.3) is 0 Å². The van der Waals surface area contributed by atoms with Crippen LogP contribution < -0.4 is 5.32 Å². The summed E-state index contributed by atoms with van der Waals surface area (Å²) in [5.74, 6) is 1.76. The lowest BCUT2D eigenvalue weighted by molar-refractivity contribution is 0.549. The van der Waals surface area contributed by atoms with Crippen LogP contribution in [0.5, 0.6) is 0 Å². The third-order valence-corrected chi connectivity index (χ3v) is 4.95. The van der Waals surface area contributed by atoms with Crippen LogP contribution in [-0.4, -0.2) is 16.8 Å². The van der Waals surface area contributed by atoms with E-state index in [2.05, 4.69) is 43.4 Å². The molecule has 0 aliphatic heterocycles. The minimum atomic E-state index is 0.703. The molecule has 17 heavy (non-hydrogen) atoms. The molecule has 1 N–H and O–H groups in total. The van der Waals surface area contributed by atoms with Gasteiger partial charge < -0.3 is 5.32 Å². The Balaban J connectivity index is 2.27. The second-order valence-corrected chi connectivity index (χ2v) is 7.16. The number of hydrogen-bond acceptors (Lipinski definition) is 4. The molecule has 0 spiro atoms. The van der Waals surface area contributed by atoms with Crippen LogP contribution in [0.3, 0.4) is 0 Å². The van der Waals surface area contributed by atoms with Crippen molar-refractivity contribution < 1.29 is 0 Å². The molecule has 0 aliphatic rings. The number of rotatable bonds is 8. The Kier molecular flexibility index (Phi) is 7.16. The maximum Gasteiger partial charge on any atom is 0.103 e. The van der Waals surface area contributed by atoms with Gasteiger partial charge in [0.1, 0.15) is 5.01 Å². The van der Waals surface area contributed by atoms with Crippen LogP contribution in [0.1, 0.15) is 44.8 Å². The second kappa shape index (κ2) is 8.11. The predicted octanol–water partition coefficient (Wildman–Crippen LogP) is 3.92. The van der Waals surface area contributed by atoms with Crippen LogP contribution in [0.2, 0.25) is 0 Å². The summed E-state index contributed by atoms with van der Waals surface area (Å²) < 4.78 is 0. The fourth-order valence-electron chi connectivity index (χ4n) is 1.32.